The van der Waals surface area contributed by atoms with Crippen molar-refractivity contribution >= 4 is 57.5 Å². The van der Waals surface area contributed by atoms with Crippen molar-refractivity contribution < 1.29 is 8.42 Å². The SMILES string of the molecule is CC1(NSc2ccc3c(Cl)cnc(Cl)c3c2)CCCC1.O=S=O. The second kappa shape index (κ2) is 8.44. The summed E-state index contributed by atoms with van der Waals surface area (Å²) >= 11 is 13.2. The third-order valence-corrected chi connectivity index (χ3v) is 5.57. The first kappa shape index (κ1) is 18.7. The molecule has 1 aromatic heterocycles. The van der Waals surface area contributed by atoms with Crippen LogP contribution in [0.2, 0.25) is 10.2 Å². The average molecular weight is 391 g/mol. The van der Waals surface area contributed by atoms with Crippen LogP contribution in [0, 0.1) is 0 Å². The molecule has 1 saturated carbocycles. The van der Waals surface area contributed by atoms with Crippen molar-refractivity contribution in [2.24, 2.45) is 0 Å². The van der Waals surface area contributed by atoms with E-state index in [0.29, 0.717) is 10.2 Å². The van der Waals surface area contributed by atoms with Gasteiger partial charge in [0.2, 0.25) is 0 Å². The van der Waals surface area contributed by atoms with Crippen LogP contribution in [0.15, 0.2) is 29.3 Å². The number of pyridine rings is 1. The summed E-state index contributed by atoms with van der Waals surface area (Å²) in [5, 5.41) is 2.99. The van der Waals surface area contributed by atoms with E-state index < -0.39 is 11.6 Å². The molecule has 3 rings (SSSR count). The predicted octanol–water partition coefficient (Wildman–Crippen LogP) is 4.80. The normalized spacial score (nSPS) is 16.0. The summed E-state index contributed by atoms with van der Waals surface area (Å²) in [7, 11) is 0. The van der Waals surface area contributed by atoms with Gasteiger partial charge in [0.25, 0.3) is 0 Å². The Morgan fingerprint density at radius 1 is 1.17 bits per heavy atom. The van der Waals surface area contributed by atoms with E-state index in [1.54, 1.807) is 18.1 Å². The van der Waals surface area contributed by atoms with Crippen LogP contribution in [0.4, 0.5) is 0 Å². The summed E-state index contributed by atoms with van der Waals surface area (Å²) in [5.74, 6) is 0. The summed E-state index contributed by atoms with van der Waals surface area (Å²) in [6.45, 7) is 2.29. The highest BCUT2D eigenvalue weighted by Crippen LogP contribution is 2.34. The lowest BCUT2D eigenvalue weighted by Gasteiger charge is -2.24. The molecular formula is C15H16Cl2N2O2S2. The van der Waals surface area contributed by atoms with Crippen LogP contribution in [0.3, 0.4) is 0 Å². The molecule has 1 aliphatic rings. The zero-order valence-corrected chi connectivity index (χ0v) is 15.6. The van der Waals surface area contributed by atoms with E-state index in [0.717, 1.165) is 15.7 Å². The van der Waals surface area contributed by atoms with Gasteiger partial charge in [-0.3, -0.25) is 4.72 Å². The number of rotatable bonds is 3. The molecule has 4 nitrogen and oxygen atoms in total. The quantitative estimate of drug-likeness (QED) is 0.602. The molecule has 0 spiro atoms. The minimum atomic E-state index is -0.750. The van der Waals surface area contributed by atoms with Crippen LogP contribution in [-0.4, -0.2) is 18.9 Å². The van der Waals surface area contributed by atoms with Crippen LogP contribution < -0.4 is 4.72 Å². The molecule has 0 aliphatic heterocycles. The minimum Gasteiger partial charge on any atom is -0.254 e. The van der Waals surface area contributed by atoms with Gasteiger partial charge in [0.15, 0.2) is 0 Å². The molecule has 0 bridgehead atoms. The van der Waals surface area contributed by atoms with Crippen molar-refractivity contribution in [3.8, 4) is 0 Å². The molecule has 0 amide bonds. The third-order valence-electron chi connectivity index (χ3n) is 3.88. The minimum absolute atomic E-state index is 0.246. The molecular weight excluding hydrogens is 375 g/mol. The summed E-state index contributed by atoms with van der Waals surface area (Å²) in [6.07, 6.45) is 6.70. The topological polar surface area (TPSA) is 59.1 Å². The maximum absolute atomic E-state index is 8.29. The van der Waals surface area contributed by atoms with E-state index >= 15 is 0 Å². The molecule has 0 unspecified atom stereocenters. The van der Waals surface area contributed by atoms with Gasteiger partial charge < -0.3 is 0 Å². The molecule has 0 radical (unpaired) electrons. The number of fused-ring (bicyclic) bond motifs is 1. The van der Waals surface area contributed by atoms with E-state index in [4.69, 9.17) is 31.6 Å². The summed E-state index contributed by atoms with van der Waals surface area (Å²) < 4.78 is 20.2. The molecule has 1 fully saturated rings. The largest absolute Gasteiger partial charge is 0.335 e. The average Bonchev–Trinajstić information content (AvgIpc) is 2.97. The lowest BCUT2D eigenvalue weighted by molar-refractivity contribution is 0.451. The molecule has 1 aromatic carbocycles. The van der Waals surface area contributed by atoms with Crippen LogP contribution in [0.5, 0.6) is 0 Å². The first-order chi connectivity index (χ1) is 11.0. The van der Waals surface area contributed by atoms with Crippen LogP contribution in [0.1, 0.15) is 32.6 Å². The lowest BCUT2D eigenvalue weighted by Crippen LogP contribution is -2.34. The Labute approximate surface area is 153 Å². The Kier molecular flexibility index (Phi) is 6.85. The lowest BCUT2D eigenvalue weighted by atomic mass is 10.0. The zero-order valence-electron chi connectivity index (χ0n) is 12.5. The highest BCUT2D eigenvalue weighted by molar-refractivity contribution is 7.97. The summed E-state index contributed by atoms with van der Waals surface area (Å²) in [4.78, 5) is 5.24. The molecule has 124 valence electrons. The first-order valence-corrected chi connectivity index (χ1v) is 9.32. The number of hydrogen-bond donors (Lipinski definition) is 1. The smallest absolute Gasteiger partial charge is 0.254 e. The second-order valence-corrected chi connectivity index (χ2v) is 7.43. The molecule has 23 heavy (non-hydrogen) atoms. The molecule has 8 heteroatoms. The van der Waals surface area contributed by atoms with E-state index in [9.17, 15) is 0 Å². The number of benzene rings is 1. The fourth-order valence-electron chi connectivity index (χ4n) is 2.66. The van der Waals surface area contributed by atoms with Gasteiger partial charge in [0.1, 0.15) is 5.15 Å². The Hall–Kier alpha value is -0.660. The Morgan fingerprint density at radius 3 is 2.48 bits per heavy atom. The zero-order chi connectivity index (χ0) is 16.9. The van der Waals surface area contributed by atoms with E-state index in [-0.39, 0.29) is 5.54 Å². The van der Waals surface area contributed by atoms with Crippen molar-refractivity contribution in [3.05, 3.63) is 34.6 Å². The van der Waals surface area contributed by atoms with Gasteiger partial charge >= 0.3 is 11.6 Å². The maximum Gasteiger partial charge on any atom is 0.335 e. The van der Waals surface area contributed by atoms with Crippen LogP contribution >= 0.6 is 35.1 Å². The van der Waals surface area contributed by atoms with Gasteiger partial charge in [-0.2, -0.15) is 8.42 Å². The molecule has 2 aromatic rings. The summed E-state index contributed by atoms with van der Waals surface area (Å²) in [5.41, 5.74) is 0.246. The summed E-state index contributed by atoms with van der Waals surface area (Å²) in [6, 6.07) is 6.12. The van der Waals surface area contributed by atoms with Gasteiger partial charge in [0.05, 0.1) is 5.02 Å². The van der Waals surface area contributed by atoms with Gasteiger partial charge in [-0.15, -0.1) is 0 Å². The maximum atomic E-state index is 8.29. The van der Waals surface area contributed by atoms with Crippen molar-refractivity contribution in [3.63, 3.8) is 0 Å². The van der Waals surface area contributed by atoms with Crippen LogP contribution in [0.25, 0.3) is 10.8 Å². The molecule has 0 atom stereocenters. The standard InChI is InChI=1S/C15H16Cl2N2S.O2S/c1-15(6-2-3-7-15)19-20-10-4-5-11-12(8-10)14(17)18-9-13(11)16;1-3-2/h4-5,8-9,19H,2-3,6-7H2,1H3;. The van der Waals surface area contributed by atoms with E-state index in [1.165, 1.54) is 25.7 Å². The fourth-order valence-corrected chi connectivity index (χ4v) is 3.96. The first-order valence-electron chi connectivity index (χ1n) is 7.09. The van der Waals surface area contributed by atoms with Crippen LogP contribution in [-0.2, 0) is 11.6 Å². The van der Waals surface area contributed by atoms with E-state index in [1.807, 2.05) is 12.1 Å². The fraction of sp³-hybridized carbons (Fsp3) is 0.400. The van der Waals surface area contributed by atoms with Gasteiger partial charge in [0, 0.05) is 27.4 Å². The van der Waals surface area contributed by atoms with Crippen molar-refractivity contribution in [2.75, 3.05) is 0 Å². The predicted molar refractivity (Wildman–Crippen MR) is 96.5 cm³/mol. The monoisotopic (exact) mass is 390 g/mol. The molecule has 1 aliphatic carbocycles. The van der Waals surface area contributed by atoms with Gasteiger partial charge in [-0.25, -0.2) is 4.98 Å². The highest BCUT2D eigenvalue weighted by atomic mass is 35.5. The Bertz CT molecular complexity index is 731. The Morgan fingerprint density at radius 2 is 1.83 bits per heavy atom. The number of nitrogens with one attached hydrogen (secondary N) is 1. The van der Waals surface area contributed by atoms with Crippen molar-refractivity contribution in [1.82, 2.24) is 9.71 Å². The number of hydrogen-bond acceptors (Lipinski definition) is 5. The second-order valence-electron chi connectivity index (χ2n) is 5.64. The van der Waals surface area contributed by atoms with Crippen molar-refractivity contribution in [1.29, 1.82) is 0 Å². The Balaban J connectivity index is 0.000000595. The molecule has 0 saturated heterocycles. The highest BCUT2D eigenvalue weighted by Gasteiger charge is 2.28. The van der Waals surface area contributed by atoms with Gasteiger partial charge in [-0.1, -0.05) is 42.1 Å². The number of nitrogens with zero attached hydrogens (tertiary/aromatic N) is 1. The number of halogens is 2. The van der Waals surface area contributed by atoms with Crippen molar-refractivity contribution in [2.45, 2.75) is 43.0 Å². The number of aromatic nitrogens is 1. The molecule has 1 heterocycles. The van der Waals surface area contributed by atoms with Gasteiger partial charge in [-0.05, 0) is 43.8 Å². The third kappa shape index (κ3) is 4.90. The van der Waals surface area contributed by atoms with E-state index in [2.05, 4.69) is 22.7 Å². The molecule has 1 N–H and O–H groups in total.